The van der Waals surface area contributed by atoms with Gasteiger partial charge in [-0.25, -0.2) is 14.0 Å². The van der Waals surface area contributed by atoms with Crippen LogP contribution in [0.3, 0.4) is 0 Å². The van der Waals surface area contributed by atoms with E-state index in [1.165, 1.54) is 24.1 Å². The van der Waals surface area contributed by atoms with Gasteiger partial charge in [-0.3, -0.25) is 0 Å². The molecule has 3 aromatic carbocycles. The lowest BCUT2D eigenvalue weighted by Gasteiger charge is -2.27. The number of benzene rings is 3. The van der Waals surface area contributed by atoms with E-state index in [1.54, 1.807) is 12.1 Å². The number of carbonyl (C=O) groups is 2. The number of esters is 1. The fraction of sp³-hybridized carbons (Fsp3) is 0.231. The predicted molar refractivity (Wildman–Crippen MR) is 121 cm³/mol. The zero-order valence-corrected chi connectivity index (χ0v) is 18.2. The average Bonchev–Trinajstić information content (AvgIpc) is 3.28. The van der Waals surface area contributed by atoms with Crippen molar-refractivity contribution in [1.82, 2.24) is 10.2 Å². The van der Waals surface area contributed by atoms with Gasteiger partial charge in [-0.05, 0) is 23.3 Å². The number of para-hydroxylation sites is 1. The zero-order chi connectivity index (χ0) is 23.2. The number of urea groups is 1. The van der Waals surface area contributed by atoms with E-state index in [0.717, 1.165) is 11.1 Å². The average molecular weight is 448 g/mol. The summed E-state index contributed by atoms with van der Waals surface area (Å²) < 4.78 is 24.8. The highest BCUT2D eigenvalue weighted by atomic mass is 19.1. The van der Waals surface area contributed by atoms with E-state index in [9.17, 15) is 14.0 Å². The number of carbonyl (C=O) groups excluding carboxylic acids is 2. The van der Waals surface area contributed by atoms with E-state index in [1.807, 2.05) is 60.7 Å². The second-order valence-electron chi connectivity index (χ2n) is 7.80. The Labute approximate surface area is 191 Å². The van der Waals surface area contributed by atoms with Crippen LogP contribution in [0, 0.1) is 5.82 Å². The first-order valence-corrected chi connectivity index (χ1v) is 10.7. The Bertz CT molecular complexity index is 1050. The van der Waals surface area contributed by atoms with Crippen molar-refractivity contribution in [2.24, 2.45) is 0 Å². The van der Waals surface area contributed by atoms with Crippen molar-refractivity contribution in [3.63, 3.8) is 0 Å². The molecule has 3 aromatic rings. The van der Waals surface area contributed by atoms with Crippen molar-refractivity contribution in [2.45, 2.75) is 24.6 Å². The molecule has 0 radical (unpaired) electrons. The van der Waals surface area contributed by atoms with Crippen LogP contribution in [0.15, 0.2) is 84.9 Å². The fourth-order valence-electron chi connectivity index (χ4n) is 4.04. The van der Waals surface area contributed by atoms with Gasteiger partial charge in [0.1, 0.15) is 12.1 Å². The van der Waals surface area contributed by atoms with Crippen LogP contribution in [0.25, 0.3) is 0 Å². The maximum Gasteiger partial charge on any atom is 0.328 e. The standard InChI is InChI=1S/C26H25FN2O4/c1-32-25(30)22-16-20(33-23-15-9-8-14-21(23)27)17-29(22)26(31)28-24(18-10-4-2-5-11-18)19-12-6-3-7-13-19/h2-15,20,22,24H,16-17H2,1H3,(H,28,31). The third-order valence-corrected chi connectivity index (χ3v) is 5.66. The molecule has 1 aliphatic rings. The van der Waals surface area contributed by atoms with Crippen molar-refractivity contribution >= 4 is 12.0 Å². The molecule has 1 heterocycles. The maximum absolute atomic E-state index is 14.1. The Hall–Kier alpha value is -3.87. The number of hydrogen-bond acceptors (Lipinski definition) is 4. The molecule has 2 unspecified atom stereocenters. The smallest absolute Gasteiger partial charge is 0.328 e. The third kappa shape index (κ3) is 5.14. The molecule has 2 atom stereocenters. The Morgan fingerprint density at radius 3 is 2.09 bits per heavy atom. The minimum atomic E-state index is -0.834. The summed E-state index contributed by atoms with van der Waals surface area (Å²) in [7, 11) is 1.28. The minimum absolute atomic E-state index is 0.0832. The van der Waals surface area contributed by atoms with Gasteiger partial charge < -0.3 is 19.7 Å². The summed E-state index contributed by atoms with van der Waals surface area (Å²) >= 11 is 0. The highest BCUT2D eigenvalue weighted by molar-refractivity contribution is 5.85. The van der Waals surface area contributed by atoms with Crippen LogP contribution in [-0.2, 0) is 9.53 Å². The minimum Gasteiger partial charge on any atom is -0.485 e. The van der Waals surface area contributed by atoms with Crippen LogP contribution in [0.5, 0.6) is 5.75 Å². The lowest BCUT2D eigenvalue weighted by molar-refractivity contribution is -0.145. The molecule has 6 nitrogen and oxygen atoms in total. The van der Waals surface area contributed by atoms with E-state index < -0.39 is 36.0 Å². The third-order valence-electron chi connectivity index (χ3n) is 5.66. The Kier molecular flexibility index (Phi) is 6.88. The highest BCUT2D eigenvalue weighted by Crippen LogP contribution is 2.27. The number of likely N-dealkylation sites (tertiary alicyclic amines) is 1. The molecule has 1 fully saturated rings. The number of halogens is 1. The first kappa shape index (κ1) is 22.3. The molecule has 2 amide bonds. The van der Waals surface area contributed by atoms with Crippen molar-refractivity contribution in [2.75, 3.05) is 13.7 Å². The van der Waals surface area contributed by atoms with Gasteiger partial charge in [0, 0.05) is 6.42 Å². The van der Waals surface area contributed by atoms with Crippen LogP contribution in [-0.4, -0.2) is 42.7 Å². The molecule has 0 aromatic heterocycles. The van der Waals surface area contributed by atoms with E-state index in [-0.39, 0.29) is 18.7 Å². The monoisotopic (exact) mass is 448 g/mol. The summed E-state index contributed by atoms with van der Waals surface area (Å²) in [5.74, 6) is -0.955. The van der Waals surface area contributed by atoms with Crippen LogP contribution in [0.2, 0.25) is 0 Å². The number of hydrogen-bond donors (Lipinski definition) is 1. The van der Waals surface area contributed by atoms with Crippen LogP contribution in [0.1, 0.15) is 23.6 Å². The molecule has 0 spiro atoms. The quantitative estimate of drug-likeness (QED) is 0.571. The number of nitrogens with one attached hydrogen (secondary N) is 1. The molecule has 0 saturated carbocycles. The summed E-state index contributed by atoms with van der Waals surface area (Å²) in [6, 6.07) is 23.6. The molecule has 1 saturated heterocycles. The maximum atomic E-state index is 14.1. The SMILES string of the molecule is COC(=O)C1CC(Oc2ccccc2F)CN1C(=O)NC(c1ccccc1)c1ccccc1. The Morgan fingerprint density at radius 1 is 0.939 bits per heavy atom. The zero-order valence-electron chi connectivity index (χ0n) is 18.2. The van der Waals surface area contributed by atoms with Crippen LogP contribution < -0.4 is 10.1 Å². The summed E-state index contributed by atoms with van der Waals surface area (Å²) in [6.45, 7) is 0.121. The number of amides is 2. The van der Waals surface area contributed by atoms with Gasteiger partial charge in [0.25, 0.3) is 0 Å². The summed E-state index contributed by atoms with van der Waals surface area (Å²) in [4.78, 5) is 27.2. The fourth-order valence-corrected chi connectivity index (χ4v) is 4.04. The first-order chi connectivity index (χ1) is 16.1. The van der Waals surface area contributed by atoms with E-state index >= 15 is 0 Å². The lowest BCUT2D eigenvalue weighted by Crippen LogP contribution is -2.47. The number of methoxy groups -OCH3 is 1. The summed E-state index contributed by atoms with van der Waals surface area (Å²) in [6.07, 6.45) is -0.348. The van der Waals surface area contributed by atoms with Gasteiger partial charge in [-0.1, -0.05) is 72.8 Å². The largest absolute Gasteiger partial charge is 0.485 e. The molecule has 0 bridgehead atoms. The Balaban J connectivity index is 1.56. The molecule has 1 N–H and O–H groups in total. The van der Waals surface area contributed by atoms with E-state index in [0.29, 0.717) is 0 Å². The van der Waals surface area contributed by atoms with Gasteiger partial charge in [-0.2, -0.15) is 0 Å². The number of nitrogens with zero attached hydrogens (tertiary/aromatic N) is 1. The molecule has 4 rings (SSSR count). The normalized spacial score (nSPS) is 17.6. The van der Waals surface area contributed by atoms with Gasteiger partial charge in [-0.15, -0.1) is 0 Å². The van der Waals surface area contributed by atoms with Gasteiger partial charge in [0.05, 0.1) is 19.7 Å². The van der Waals surface area contributed by atoms with Gasteiger partial charge in [0.2, 0.25) is 0 Å². The van der Waals surface area contributed by atoms with Crippen LogP contribution >= 0.6 is 0 Å². The predicted octanol–water partition coefficient (Wildman–Crippen LogP) is 4.32. The first-order valence-electron chi connectivity index (χ1n) is 10.7. The molecule has 170 valence electrons. The van der Waals surface area contributed by atoms with Gasteiger partial charge in [0.15, 0.2) is 11.6 Å². The van der Waals surface area contributed by atoms with Crippen molar-refractivity contribution in [3.05, 3.63) is 102 Å². The number of ether oxygens (including phenoxy) is 2. The molecular formula is C26H25FN2O4. The molecule has 0 aliphatic carbocycles. The van der Waals surface area contributed by atoms with Crippen molar-refractivity contribution in [1.29, 1.82) is 0 Å². The second-order valence-corrected chi connectivity index (χ2v) is 7.80. The molecule has 33 heavy (non-hydrogen) atoms. The second kappa shape index (κ2) is 10.2. The van der Waals surface area contributed by atoms with E-state index in [2.05, 4.69) is 5.32 Å². The molecular weight excluding hydrogens is 423 g/mol. The van der Waals surface area contributed by atoms with Crippen LogP contribution in [0.4, 0.5) is 9.18 Å². The molecule has 7 heteroatoms. The highest BCUT2D eigenvalue weighted by Gasteiger charge is 2.42. The van der Waals surface area contributed by atoms with Gasteiger partial charge >= 0.3 is 12.0 Å². The lowest BCUT2D eigenvalue weighted by atomic mass is 9.99. The van der Waals surface area contributed by atoms with Crippen molar-refractivity contribution in [3.8, 4) is 5.75 Å². The Morgan fingerprint density at radius 2 is 1.52 bits per heavy atom. The summed E-state index contributed by atoms with van der Waals surface area (Å²) in [5.41, 5.74) is 1.81. The van der Waals surface area contributed by atoms with E-state index in [4.69, 9.17) is 9.47 Å². The molecule has 1 aliphatic heterocycles. The summed E-state index contributed by atoms with van der Waals surface area (Å²) in [5, 5.41) is 3.05. The topological polar surface area (TPSA) is 67.9 Å². The number of rotatable bonds is 6. The van der Waals surface area contributed by atoms with Crippen molar-refractivity contribution < 1.29 is 23.5 Å².